The Kier molecular flexibility index (Phi) is 7.71. The van der Waals surface area contributed by atoms with Gasteiger partial charge in [-0.3, -0.25) is 4.98 Å². The van der Waals surface area contributed by atoms with Gasteiger partial charge in [-0.1, -0.05) is 58.6 Å². The maximum absolute atomic E-state index is 14.0. The Balaban J connectivity index is 0.000000461. The third kappa shape index (κ3) is 4.78. The van der Waals surface area contributed by atoms with Crippen LogP contribution in [0, 0.1) is 11.7 Å². The van der Waals surface area contributed by atoms with Gasteiger partial charge in [-0.15, -0.1) is 0 Å². The Hall–Kier alpha value is -2.13. The Morgan fingerprint density at radius 3 is 2.57 bits per heavy atom. The minimum Gasteiger partial charge on any atom is -0.483 e. The number of unbranched alkanes of at least 4 members (excludes halogenated alkanes) is 2. The number of hydrogen-bond acceptors (Lipinski definition) is 2. The van der Waals surface area contributed by atoms with Gasteiger partial charge in [0.25, 0.3) is 0 Å². The van der Waals surface area contributed by atoms with Gasteiger partial charge in [-0.25, -0.2) is 4.39 Å². The molecule has 0 radical (unpaired) electrons. The molecule has 1 aliphatic rings. The van der Waals surface area contributed by atoms with E-state index >= 15 is 0 Å². The fourth-order valence-electron chi connectivity index (χ4n) is 4.15. The topological polar surface area (TPSA) is 22.1 Å². The van der Waals surface area contributed by atoms with Crippen LogP contribution in [-0.4, -0.2) is 4.98 Å². The van der Waals surface area contributed by atoms with Crippen molar-refractivity contribution in [2.75, 3.05) is 0 Å². The number of aromatic nitrogens is 1. The van der Waals surface area contributed by atoms with Gasteiger partial charge in [0.1, 0.15) is 23.2 Å². The van der Waals surface area contributed by atoms with E-state index in [0.717, 1.165) is 23.4 Å². The highest BCUT2D eigenvalue weighted by Gasteiger charge is 2.33. The average Bonchev–Trinajstić information content (AvgIpc) is 3.06. The van der Waals surface area contributed by atoms with Gasteiger partial charge in [0.2, 0.25) is 0 Å². The largest absolute Gasteiger partial charge is 0.483 e. The van der Waals surface area contributed by atoms with E-state index in [-0.39, 0.29) is 11.9 Å². The monoisotopic (exact) mass is 427 g/mol. The summed E-state index contributed by atoms with van der Waals surface area (Å²) < 4.78 is 20.4. The second-order valence-corrected chi connectivity index (χ2v) is 8.44. The predicted molar refractivity (Wildman–Crippen MR) is 124 cm³/mol. The summed E-state index contributed by atoms with van der Waals surface area (Å²) >= 11 is 6.32. The van der Waals surface area contributed by atoms with Crippen LogP contribution >= 0.6 is 11.6 Å². The molecule has 1 aliphatic carbocycles. The van der Waals surface area contributed by atoms with E-state index in [0.29, 0.717) is 22.6 Å². The molecule has 0 aliphatic heterocycles. The first-order chi connectivity index (χ1) is 14.5. The van der Waals surface area contributed by atoms with Crippen LogP contribution in [-0.2, 0) is 12.8 Å². The molecule has 2 atom stereocenters. The van der Waals surface area contributed by atoms with Gasteiger partial charge < -0.3 is 4.74 Å². The van der Waals surface area contributed by atoms with E-state index in [1.54, 1.807) is 24.4 Å². The number of nitrogens with zero attached hydrogens (tertiary/aromatic N) is 1. The summed E-state index contributed by atoms with van der Waals surface area (Å²) in [7, 11) is 0. The molecule has 1 aromatic heterocycles. The SMILES string of the molecule is CCCCC.CCc1cc(Cl)cc2c1CC(C)[C@H]2Oc1ccc(F)c2cccnc12. The van der Waals surface area contributed by atoms with Crippen molar-refractivity contribution in [3.05, 3.63) is 70.1 Å². The van der Waals surface area contributed by atoms with Crippen molar-refractivity contribution >= 4 is 22.5 Å². The first-order valence-corrected chi connectivity index (χ1v) is 11.4. The second-order valence-electron chi connectivity index (χ2n) is 8.00. The number of ether oxygens (including phenoxy) is 1. The zero-order chi connectivity index (χ0) is 21.7. The van der Waals surface area contributed by atoms with Gasteiger partial charge in [-0.05, 0) is 65.9 Å². The standard InChI is InChI=1S/C21H19ClFNO.C5H12/c1-3-13-10-14(22)11-17-16(13)9-12(2)21(17)25-19-7-6-18(23)15-5-4-8-24-20(15)19;1-3-5-4-2/h4-8,10-12,21H,3,9H2,1-2H3;3-5H2,1-2H3/t12?,21-;/m1./s1. The lowest BCUT2D eigenvalue weighted by Gasteiger charge is -2.20. The lowest BCUT2D eigenvalue weighted by atomic mass is 10.0. The Morgan fingerprint density at radius 2 is 1.90 bits per heavy atom. The Bertz CT molecular complexity index is 1000. The molecule has 160 valence electrons. The summed E-state index contributed by atoms with van der Waals surface area (Å²) in [5.41, 5.74) is 4.32. The van der Waals surface area contributed by atoms with Crippen molar-refractivity contribution in [2.45, 2.75) is 65.9 Å². The van der Waals surface area contributed by atoms with Crippen molar-refractivity contribution in [2.24, 2.45) is 5.92 Å². The van der Waals surface area contributed by atoms with Gasteiger partial charge in [0.15, 0.2) is 0 Å². The summed E-state index contributed by atoms with van der Waals surface area (Å²) in [5, 5.41) is 1.21. The van der Waals surface area contributed by atoms with E-state index in [2.05, 4.69) is 32.7 Å². The van der Waals surface area contributed by atoms with E-state index in [9.17, 15) is 4.39 Å². The number of hydrogen-bond donors (Lipinski definition) is 0. The zero-order valence-electron chi connectivity index (χ0n) is 18.3. The van der Waals surface area contributed by atoms with Crippen LogP contribution in [0.2, 0.25) is 5.02 Å². The number of fused-ring (bicyclic) bond motifs is 2. The minimum atomic E-state index is -0.286. The van der Waals surface area contributed by atoms with Crippen LogP contribution in [0.4, 0.5) is 4.39 Å². The normalized spacial score (nSPS) is 17.4. The summed E-state index contributed by atoms with van der Waals surface area (Å²) in [6, 6.07) is 10.6. The molecule has 2 aromatic carbocycles. The lowest BCUT2D eigenvalue weighted by Crippen LogP contribution is -2.12. The second kappa shape index (κ2) is 10.3. The third-order valence-electron chi connectivity index (χ3n) is 5.71. The van der Waals surface area contributed by atoms with Crippen LogP contribution in [0.1, 0.15) is 69.8 Å². The molecule has 0 spiro atoms. The number of pyridine rings is 1. The van der Waals surface area contributed by atoms with Crippen molar-refractivity contribution in [3.63, 3.8) is 0 Å². The van der Waals surface area contributed by atoms with Crippen molar-refractivity contribution in [1.82, 2.24) is 4.98 Å². The highest BCUT2D eigenvalue weighted by atomic mass is 35.5. The van der Waals surface area contributed by atoms with Crippen LogP contribution in [0.15, 0.2) is 42.6 Å². The number of halogens is 2. The molecule has 1 heterocycles. The first-order valence-electron chi connectivity index (χ1n) is 11.0. The maximum Gasteiger partial charge on any atom is 0.146 e. The molecule has 0 saturated carbocycles. The average molecular weight is 428 g/mol. The van der Waals surface area contributed by atoms with Crippen LogP contribution < -0.4 is 4.74 Å². The molecule has 0 amide bonds. The van der Waals surface area contributed by atoms with Crippen LogP contribution in [0.5, 0.6) is 5.75 Å². The molecule has 3 aromatic rings. The number of benzene rings is 2. The molecule has 0 N–H and O–H groups in total. The lowest BCUT2D eigenvalue weighted by molar-refractivity contribution is 0.161. The molecule has 2 nitrogen and oxygen atoms in total. The molecular formula is C26H31ClFNO. The molecular weight excluding hydrogens is 397 g/mol. The van der Waals surface area contributed by atoms with Crippen molar-refractivity contribution in [1.29, 1.82) is 0 Å². The predicted octanol–water partition coefficient (Wildman–Crippen LogP) is 8.10. The molecule has 0 bridgehead atoms. The van der Waals surface area contributed by atoms with E-state index in [1.165, 1.54) is 36.5 Å². The maximum atomic E-state index is 14.0. The highest BCUT2D eigenvalue weighted by Crippen LogP contribution is 2.43. The van der Waals surface area contributed by atoms with Crippen molar-refractivity contribution < 1.29 is 9.13 Å². The molecule has 4 rings (SSSR count). The van der Waals surface area contributed by atoms with Crippen LogP contribution in [0.3, 0.4) is 0 Å². The van der Waals surface area contributed by atoms with E-state index < -0.39 is 0 Å². The van der Waals surface area contributed by atoms with E-state index in [1.807, 2.05) is 12.1 Å². The van der Waals surface area contributed by atoms with Gasteiger partial charge in [-0.2, -0.15) is 0 Å². The van der Waals surface area contributed by atoms with Gasteiger partial charge in [0, 0.05) is 22.5 Å². The molecule has 1 unspecified atom stereocenters. The van der Waals surface area contributed by atoms with Gasteiger partial charge >= 0.3 is 0 Å². The third-order valence-corrected chi connectivity index (χ3v) is 5.93. The quantitative estimate of drug-likeness (QED) is 0.410. The Morgan fingerprint density at radius 1 is 1.13 bits per heavy atom. The fraction of sp³-hybridized carbons (Fsp3) is 0.423. The number of rotatable bonds is 5. The molecule has 30 heavy (non-hydrogen) atoms. The number of aryl methyl sites for hydroxylation is 1. The zero-order valence-corrected chi connectivity index (χ0v) is 19.1. The summed E-state index contributed by atoms with van der Waals surface area (Å²) in [5.74, 6) is 0.647. The fourth-order valence-corrected chi connectivity index (χ4v) is 4.40. The Labute approximate surface area is 184 Å². The molecule has 0 saturated heterocycles. The summed E-state index contributed by atoms with van der Waals surface area (Å²) in [6.45, 7) is 8.74. The summed E-state index contributed by atoms with van der Waals surface area (Å²) in [4.78, 5) is 4.33. The highest BCUT2D eigenvalue weighted by molar-refractivity contribution is 6.30. The molecule has 0 fully saturated rings. The van der Waals surface area contributed by atoms with Gasteiger partial charge in [0.05, 0.1) is 0 Å². The van der Waals surface area contributed by atoms with Crippen LogP contribution in [0.25, 0.3) is 10.9 Å². The van der Waals surface area contributed by atoms with E-state index in [4.69, 9.17) is 16.3 Å². The minimum absolute atomic E-state index is 0.102. The first kappa shape index (κ1) is 22.6. The van der Waals surface area contributed by atoms with Crippen molar-refractivity contribution in [3.8, 4) is 5.75 Å². The molecule has 4 heteroatoms. The smallest absolute Gasteiger partial charge is 0.146 e. The summed E-state index contributed by atoms with van der Waals surface area (Å²) in [6.07, 6.45) is 7.55.